The molecule has 0 aliphatic carbocycles. The summed E-state index contributed by atoms with van der Waals surface area (Å²) in [5.74, 6) is -0.0510. The summed E-state index contributed by atoms with van der Waals surface area (Å²) in [6, 6.07) is -0.550. The molecule has 2 atom stereocenters. The maximum atomic E-state index is 12.4. The van der Waals surface area contributed by atoms with Crippen molar-refractivity contribution < 1.29 is 24.5 Å². The second kappa shape index (κ2) is 53.0. The van der Waals surface area contributed by atoms with Crippen molar-refractivity contribution in [2.45, 2.75) is 315 Å². The highest BCUT2D eigenvalue weighted by Crippen LogP contribution is 2.16. The molecule has 0 heterocycles. The van der Waals surface area contributed by atoms with Gasteiger partial charge in [-0.05, 0) is 77.0 Å². The summed E-state index contributed by atoms with van der Waals surface area (Å²) in [6.45, 7) is 4.92. The highest BCUT2D eigenvalue weighted by atomic mass is 16.5. The number of hydrogen-bond acceptors (Lipinski definition) is 5. The van der Waals surface area contributed by atoms with E-state index in [0.29, 0.717) is 25.9 Å². The minimum absolute atomic E-state index is 0.0000648. The number of carbonyl (C=O) groups excluding carboxylic acids is 2. The van der Waals surface area contributed by atoms with Crippen molar-refractivity contribution in [3.05, 3.63) is 24.3 Å². The van der Waals surface area contributed by atoms with Gasteiger partial charge in [-0.1, -0.05) is 237 Å². The van der Waals surface area contributed by atoms with Gasteiger partial charge in [0.1, 0.15) is 0 Å². The molecule has 0 bridgehead atoms. The molecule has 0 rings (SSSR count). The summed E-state index contributed by atoms with van der Waals surface area (Å²) in [7, 11) is 0. The summed E-state index contributed by atoms with van der Waals surface area (Å²) in [4.78, 5) is 24.5. The second-order valence-corrected chi connectivity index (χ2v) is 19.3. The third-order valence-corrected chi connectivity index (χ3v) is 13.0. The molecule has 3 N–H and O–H groups in total. The molecule has 6 nitrogen and oxygen atoms in total. The Morgan fingerprint density at radius 1 is 0.429 bits per heavy atom. The van der Waals surface area contributed by atoms with E-state index in [2.05, 4.69) is 43.5 Å². The molecule has 0 radical (unpaired) electrons. The zero-order valence-electron chi connectivity index (χ0n) is 42.3. The van der Waals surface area contributed by atoms with Gasteiger partial charge in [0, 0.05) is 12.8 Å². The third kappa shape index (κ3) is 49.6. The van der Waals surface area contributed by atoms with Crippen LogP contribution in [0.5, 0.6) is 0 Å². The number of rotatable bonds is 52. The Morgan fingerprint density at radius 2 is 0.746 bits per heavy atom. The number of esters is 1. The van der Waals surface area contributed by atoms with E-state index in [-0.39, 0.29) is 18.5 Å². The maximum Gasteiger partial charge on any atom is 0.305 e. The highest BCUT2D eigenvalue weighted by molar-refractivity contribution is 5.76. The first-order valence-electron chi connectivity index (χ1n) is 28.1. The van der Waals surface area contributed by atoms with Crippen LogP contribution < -0.4 is 5.32 Å². The molecule has 0 saturated heterocycles. The summed E-state index contributed by atoms with van der Waals surface area (Å²) in [5.41, 5.74) is 0. The lowest BCUT2D eigenvalue weighted by Gasteiger charge is -2.22. The number of ether oxygens (including phenoxy) is 1. The van der Waals surface area contributed by atoms with Gasteiger partial charge in [-0.25, -0.2) is 0 Å². The van der Waals surface area contributed by atoms with Crippen LogP contribution in [0.25, 0.3) is 0 Å². The Labute approximate surface area is 392 Å². The van der Waals surface area contributed by atoms with Crippen LogP contribution in [0, 0.1) is 0 Å². The number of hydrogen-bond donors (Lipinski definition) is 3. The molecule has 0 fully saturated rings. The Morgan fingerprint density at radius 3 is 1.13 bits per heavy atom. The second-order valence-electron chi connectivity index (χ2n) is 19.3. The normalized spacial score (nSPS) is 12.8. The largest absolute Gasteiger partial charge is 0.466 e. The van der Waals surface area contributed by atoms with Crippen molar-refractivity contribution >= 4 is 11.9 Å². The van der Waals surface area contributed by atoms with Crippen molar-refractivity contribution in [1.29, 1.82) is 0 Å². The molecule has 0 aromatic carbocycles. The lowest BCUT2D eigenvalue weighted by atomic mass is 10.0. The molecule has 0 aliphatic rings. The number of unbranched alkanes of at least 4 members (excludes halogenated alkanes) is 37. The zero-order valence-corrected chi connectivity index (χ0v) is 42.3. The van der Waals surface area contributed by atoms with Gasteiger partial charge in [-0.2, -0.15) is 0 Å². The van der Waals surface area contributed by atoms with Gasteiger partial charge in [0.05, 0.1) is 25.4 Å². The van der Waals surface area contributed by atoms with Gasteiger partial charge in [0.25, 0.3) is 0 Å². The van der Waals surface area contributed by atoms with E-state index >= 15 is 0 Å². The first-order valence-corrected chi connectivity index (χ1v) is 28.1. The number of carbonyl (C=O) groups is 2. The van der Waals surface area contributed by atoms with Crippen molar-refractivity contribution in [3.8, 4) is 0 Å². The molecule has 63 heavy (non-hydrogen) atoms. The number of nitrogens with one attached hydrogen (secondary N) is 1. The van der Waals surface area contributed by atoms with Crippen LogP contribution in [0.1, 0.15) is 303 Å². The average molecular weight is 889 g/mol. The van der Waals surface area contributed by atoms with E-state index in [9.17, 15) is 19.8 Å². The van der Waals surface area contributed by atoms with E-state index < -0.39 is 12.1 Å². The van der Waals surface area contributed by atoms with Crippen LogP contribution in [0.4, 0.5) is 0 Å². The lowest BCUT2D eigenvalue weighted by molar-refractivity contribution is -0.143. The Balaban J connectivity index is 3.41. The Hall–Kier alpha value is -1.66. The zero-order chi connectivity index (χ0) is 45.8. The SMILES string of the molecule is CCCCCCCCC/C=C\CCCCCCCCCC(=O)OCCCCCCCCCCC/C=C\CCCCCCCC(=O)NC(CO)C(O)CCCCCCCCCCCC. The van der Waals surface area contributed by atoms with Crippen LogP contribution in [0.15, 0.2) is 24.3 Å². The monoisotopic (exact) mass is 888 g/mol. The van der Waals surface area contributed by atoms with Gasteiger partial charge < -0.3 is 20.3 Å². The lowest BCUT2D eigenvalue weighted by Crippen LogP contribution is -2.45. The van der Waals surface area contributed by atoms with Crippen LogP contribution in [0.3, 0.4) is 0 Å². The molecule has 0 aromatic heterocycles. The molecule has 372 valence electrons. The van der Waals surface area contributed by atoms with Crippen molar-refractivity contribution in [1.82, 2.24) is 5.32 Å². The fourth-order valence-electron chi connectivity index (χ4n) is 8.63. The van der Waals surface area contributed by atoms with Crippen molar-refractivity contribution in [2.75, 3.05) is 13.2 Å². The van der Waals surface area contributed by atoms with E-state index in [1.807, 2.05) is 0 Å². The smallest absolute Gasteiger partial charge is 0.305 e. The third-order valence-electron chi connectivity index (χ3n) is 13.0. The van der Waals surface area contributed by atoms with Gasteiger partial charge in [0.15, 0.2) is 0 Å². The minimum Gasteiger partial charge on any atom is -0.466 e. The van der Waals surface area contributed by atoms with Gasteiger partial charge >= 0.3 is 5.97 Å². The highest BCUT2D eigenvalue weighted by Gasteiger charge is 2.20. The van der Waals surface area contributed by atoms with Crippen LogP contribution >= 0.6 is 0 Å². The molecular formula is C57H109NO5. The first-order chi connectivity index (χ1) is 31.0. The van der Waals surface area contributed by atoms with Crippen molar-refractivity contribution in [2.24, 2.45) is 0 Å². The topological polar surface area (TPSA) is 95.9 Å². The summed E-state index contributed by atoms with van der Waals surface area (Å²) in [6.07, 6.45) is 63.1. The fourth-order valence-corrected chi connectivity index (χ4v) is 8.63. The quantitative estimate of drug-likeness (QED) is 0.0321. The minimum atomic E-state index is -0.671. The molecular weight excluding hydrogens is 779 g/mol. The van der Waals surface area contributed by atoms with Crippen LogP contribution in [0.2, 0.25) is 0 Å². The van der Waals surface area contributed by atoms with Gasteiger partial charge in [0.2, 0.25) is 5.91 Å². The van der Waals surface area contributed by atoms with E-state index in [0.717, 1.165) is 57.8 Å². The number of aliphatic hydroxyl groups excluding tert-OH is 2. The number of amides is 1. The Bertz CT molecular complexity index is 982. The molecule has 0 saturated carbocycles. The summed E-state index contributed by atoms with van der Waals surface area (Å²) < 4.78 is 5.48. The molecule has 0 aliphatic heterocycles. The molecule has 6 heteroatoms. The van der Waals surface area contributed by atoms with E-state index in [1.165, 1.54) is 212 Å². The Kier molecular flexibility index (Phi) is 51.6. The molecule has 1 amide bonds. The molecule has 2 unspecified atom stereocenters. The predicted molar refractivity (Wildman–Crippen MR) is 273 cm³/mol. The molecule has 0 spiro atoms. The van der Waals surface area contributed by atoms with E-state index in [1.54, 1.807) is 0 Å². The van der Waals surface area contributed by atoms with Crippen LogP contribution in [-0.2, 0) is 14.3 Å². The van der Waals surface area contributed by atoms with Crippen LogP contribution in [-0.4, -0.2) is 47.4 Å². The van der Waals surface area contributed by atoms with Crippen molar-refractivity contribution in [3.63, 3.8) is 0 Å². The van der Waals surface area contributed by atoms with Gasteiger partial charge in [-0.3, -0.25) is 9.59 Å². The first kappa shape index (κ1) is 61.3. The average Bonchev–Trinajstić information content (AvgIpc) is 3.28. The van der Waals surface area contributed by atoms with E-state index in [4.69, 9.17) is 4.74 Å². The summed E-state index contributed by atoms with van der Waals surface area (Å²) in [5, 5.41) is 23.1. The summed E-state index contributed by atoms with van der Waals surface area (Å²) >= 11 is 0. The number of aliphatic hydroxyl groups is 2. The predicted octanol–water partition coefficient (Wildman–Crippen LogP) is 17.1. The maximum absolute atomic E-state index is 12.4. The van der Waals surface area contributed by atoms with Gasteiger partial charge in [-0.15, -0.1) is 0 Å². The molecule has 0 aromatic rings. The standard InChI is InChI=1S/C57H109NO5/c1-3-5-7-9-11-13-15-16-17-18-22-25-28-31-35-39-43-47-51-57(62)63-52-48-44-40-36-32-29-26-23-20-19-21-24-27-30-34-38-42-46-50-56(61)58-54(53-59)55(60)49-45-41-37-33-14-12-10-8-6-4-2/h17-18,21,24,54-55,59-60H,3-16,19-20,22-23,25-53H2,1-2H3,(H,58,61)/b18-17-,24-21-. The number of allylic oxidation sites excluding steroid dienone is 4. The fraction of sp³-hybridized carbons (Fsp3) is 0.895.